The number of nitrogens with one attached hydrogen (secondary N) is 1. The van der Waals surface area contributed by atoms with E-state index >= 15 is 0 Å². The standard InChI is InChI=1S/C17H18ClNO2/c1-11-4-9-16(21-3)15(10-11)12(2)19-17(20)13-5-7-14(18)8-6-13/h4-10,12H,1-3H3,(H,19,20)/t12-/m1/s1. The summed E-state index contributed by atoms with van der Waals surface area (Å²) >= 11 is 5.83. The van der Waals surface area contributed by atoms with Crippen LogP contribution in [0.15, 0.2) is 42.5 Å². The van der Waals surface area contributed by atoms with Gasteiger partial charge in [0.1, 0.15) is 5.75 Å². The molecule has 0 aromatic heterocycles. The molecule has 0 spiro atoms. The third kappa shape index (κ3) is 3.76. The van der Waals surface area contributed by atoms with Crippen LogP contribution >= 0.6 is 11.6 Å². The summed E-state index contributed by atoms with van der Waals surface area (Å²) in [5, 5.41) is 3.58. The van der Waals surface area contributed by atoms with Gasteiger partial charge in [-0.15, -0.1) is 0 Å². The highest BCUT2D eigenvalue weighted by atomic mass is 35.5. The van der Waals surface area contributed by atoms with Gasteiger partial charge in [0.15, 0.2) is 0 Å². The van der Waals surface area contributed by atoms with E-state index in [1.807, 2.05) is 32.0 Å². The number of hydrogen-bond donors (Lipinski definition) is 1. The van der Waals surface area contributed by atoms with Crippen LogP contribution in [-0.2, 0) is 0 Å². The highest BCUT2D eigenvalue weighted by Crippen LogP contribution is 2.26. The molecule has 0 saturated carbocycles. The van der Waals surface area contributed by atoms with Gasteiger partial charge in [-0.1, -0.05) is 29.3 Å². The summed E-state index contributed by atoms with van der Waals surface area (Å²) in [6.45, 7) is 3.95. The van der Waals surface area contributed by atoms with Crippen LogP contribution in [0.2, 0.25) is 5.02 Å². The van der Waals surface area contributed by atoms with E-state index in [0.717, 1.165) is 16.9 Å². The molecule has 2 aromatic carbocycles. The summed E-state index contributed by atoms with van der Waals surface area (Å²) in [7, 11) is 1.63. The van der Waals surface area contributed by atoms with Crippen molar-refractivity contribution in [3.8, 4) is 5.75 Å². The second kappa shape index (κ2) is 6.64. The number of amides is 1. The fourth-order valence-corrected chi connectivity index (χ4v) is 2.28. The number of aryl methyl sites for hydroxylation is 1. The van der Waals surface area contributed by atoms with Crippen LogP contribution in [-0.4, -0.2) is 13.0 Å². The summed E-state index contributed by atoms with van der Waals surface area (Å²) in [5.74, 6) is 0.632. The van der Waals surface area contributed by atoms with Gasteiger partial charge in [-0.25, -0.2) is 0 Å². The predicted molar refractivity (Wildman–Crippen MR) is 85.1 cm³/mol. The van der Waals surface area contributed by atoms with Gasteiger partial charge in [0.25, 0.3) is 5.91 Å². The SMILES string of the molecule is COc1ccc(C)cc1[C@@H](C)NC(=O)c1ccc(Cl)cc1. The average molecular weight is 304 g/mol. The molecule has 0 bridgehead atoms. The van der Waals surface area contributed by atoms with E-state index in [-0.39, 0.29) is 11.9 Å². The number of rotatable bonds is 4. The zero-order chi connectivity index (χ0) is 15.4. The first kappa shape index (κ1) is 15.4. The third-order valence-corrected chi connectivity index (χ3v) is 3.56. The highest BCUT2D eigenvalue weighted by Gasteiger charge is 2.15. The molecule has 1 amide bonds. The number of carbonyl (C=O) groups is 1. The first-order valence-corrected chi connectivity index (χ1v) is 7.10. The quantitative estimate of drug-likeness (QED) is 0.921. The van der Waals surface area contributed by atoms with Gasteiger partial charge in [0, 0.05) is 16.1 Å². The van der Waals surface area contributed by atoms with Crippen molar-refractivity contribution in [2.45, 2.75) is 19.9 Å². The topological polar surface area (TPSA) is 38.3 Å². The molecule has 4 heteroatoms. The molecule has 3 nitrogen and oxygen atoms in total. The van der Waals surface area contributed by atoms with Crippen molar-refractivity contribution in [3.63, 3.8) is 0 Å². The largest absolute Gasteiger partial charge is 0.496 e. The lowest BCUT2D eigenvalue weighted by Crippen LogP contribution is -2.26. The first-order chi connectivity index (χ1) is 10.0. The molecule has 0 aliphatic carbocycles. The van der Waals surface area contributed by atoms with Gasteiger partial charge in [0.05, 0.1) is 13.2 Å². The van der Waals surface area contributed by atoms with Gasteiger partial charge in [-0.05, 0) is 44.2 Å². The lowest BCUT2D eigenvalue weighted by atomic mass is 10.0. The summed E-state index contributed by atoms with van der Waals surface area (Å²) in [4.78, 5) is 12.2. The number of carbonyl (C=O) groups excluding carboxylic acids is 1. The Morgan fingerprint density at radius 1 is 1.19 bits per heavy atom. The summed E-state index contributed by atoms with van der Waals surface area (Å²) in [6.07, 6.45) is 0. The maximum absolute atomic E-state index is 12.2. The highest BCUT2D eigenvalue weighted by molar-refractivity contribution is 6.30. The van der Waals surface area contributed by atoms with E-state index in [4.69, 9.17) is 16.3 Å². The van der Waals surface area contributed by atoms with Crippen molar-refractivity contribution in [2.24, 2.45) is 0 Å². The normalized spacial score (nSPS) is 11.8. The van der Waals surface area contributed by atoms with Crippen molar-refractivity contribution in [3.05, 3.63) is 64.2 Å². The molecule has 21 heavy (non-hydrogen) atoms. The molecule has 0 unspecified atom stereocenters. The first-order valence-electron chi connectivity index (χ1n) is 6.72. The van der Waals surface area contributed by atoms with Crippen LogP contribution in [0.4, 0.5) is 0 Å². The fourth-order valence-electron chi connectivity index (χ4n) is 2.15. The van der Waals surface area contributed by atoms with Crippen LogP contribution in [0, 0.1) is 6.92 Å². The Labute approximate surface area is 129 Å². The Morgan fingerprint density at radius 2 is 1.86 bits per heavy atom. The maximum atomic E-state index is 12.2. The molecular weight excluding hydrogens is 286 g/mol. The van der Waals surface area contributed by atoms with E-state index < -0.39 is 0 Å². The molecule has 1 N–H and O–H groups in total. The number of methoxy groups -OCH3 is 1. The lowest BCUT2D eigenvalue weighted by Gasteiger charge is -2.18. The molecule has 110 valence electrons. The maximum Gasteiger partial charge on any atom is 0.251 e. The van der Waals surface area contributed by atoms with Crippen LogP contribution in [0.5, 0.6) is 5.75 Å². The molecule has 0 aliphatic heterocycles. The minimum Gasteiger partial charge on any atom is -0.496 e. The Bertz CT molecular complexity index is 638. The second-order valence-corrected chi connectivity index (χ2v) is 5.38. The minimum absolute atomic E-state index is 0.136. The second-order valence-electron chi connectivity index (χ2n) is 4.95. The molecule has 0 fully saturated rings. The van der Waals surface area contributed by atoms with Gasteiger partial charge in [-0.2, -0.15) is 0 Å². The number of halogens is 1. The molecule has 0 saturated heterocycles. The molecule has 1 atom stereocenters. The van der Waals surface area contributed by atoms with Gasteiger partial charge < -0.3 is 10.1 Å². The van der Waals surface area contributed by atoms with Crippen molar-refractivity contribution in [1.82, 2.24) is 5.32 Å². The molecule has 0 heterocycles. The molecule has 0 radical (unpaired) electrons. The van der Waals surface area contributed by atoms with Crippen molar-refractivity contribution < 1.29 is 9.53 Å². The van der Waals surface area contributed by atoms with Crippen molar-refractivity contribution >= 4 is 17.5 Å². The number of benzene rings is 2. The fraction of sp³-hybridized carbons (Fsp3) is 0.235. The van der Waals surface area contributed by atoms with Gasteiger partial charge in [-0.3, -0.25) is 4.79 Å². The van der Waals surface area contributed by atoms with E-state index in [0.29, 0.717) is 10.6 Å². The Balaban J connectivity index is 2.17. The van der Waals surface area contributed by atoms with E-state index in [1.54, 1.807) is 31.4 Å². The predicted octanol–water partition coefficient (Wildman–Crippen LogP) is 4.15. The van der Waals surface area contributed by atoms with E-state index in [1.165, 1.54) is 0 Å². The zero-order valence-corrected chi connectivity index (χ0v) is 13.1. The lowest BCUT2D eigenvalue weighted by molar-refractivity contribution is 0.0939. The van der Waals surface area contributed by atoms with Gasteiger partial charge >= 0.3 is 0 Å². The minimum atomic E-state index is -0.150. The van der Waals surface area contributed by atoms with Crippen LogP contribution in [0.1, 0.15) is 34.5 Å². The van der Waals surface area contributed by atoms with Crippen molar-refractivity contribution in [1.29, 1.82) is 0 Å². The van der Waals surface area contributed by atoms with Crippen LogP contribution in [0.25, 0.3) is 0 Å². The Kier molecular flexibility index (Phi) is 4.86. The van der Waals surface area contributed by atoms with Crippen LogP contribution in [0.3, 0.4) is 0 Å². The van der Waals surface area contributed by atoms with Gasteiger partial charge in [0.2, 0.25) is 0 Å². The van der Waals surface area contributed by atoms with Crippen LogP contribution < -0.4 is 10.1 Å². The van der Waals surface area contributed by atoms with Crippen molar-refractivity contribution in [2.75, 3.05) is 7.11 Å². The number of ether oxygens (including phenoxy) is 1. The molecule has 0 aliphatic rings. The zero-order valence-electron chi connectivity index (χ0n) is 12.3. The van der Waals surface area contributed by atoms with E-state index in [9.17, 15) is 4.79 Å². The molecule has 2 rings (SSSR count). The Hall–Kier alpha value is -2.00. The average Bonchev–Trinajstić information content (AvgIpc) is 2.47. The monoisotopic (exact) mass is 303 g/mol. The smallest absolute Gasteiger partial charge is 0.251 e. The summed E-state index contributed by atoms with van der Waals surface area (Å²) < 4.78 is 5.36. The summed E-state index contributed by atoms with van der Waals surface area (Å²) in [6, 6.07) is 12.6. The Morgan fingerprint density at radius 3 is 2.48 bits per heavy atom. The third-order valence-electron chi connectivity index (χ3n) is 3.31. The summed E-state index contributed by atoms with van der Waals surface area (Å²) in [5.41, 5.74) is 2.66. The van der Waals surface area contributed by atoms with E-state index in [2.05, 4.69) is 5.32 Å². The molecular formula is C17H18ClNO2. The molecule has 2 aromatic rings. The number of hydrogen-bond acceptors (Lipinski definition) is 2.